The maximum absolute atomic E-state index is 5.52. The topological polar surface area (TPSA) is 38.0 Å². The van der Waals surface area contributed by atoms with Gasteiger partial charge in [-0.15, -0.1) is 0 Å². The zero-order valence-electron chi connectivity index (χ0n) is 10.7. The fourth-order valence-corrected chi connectivity index (χ4v) is 2.66. The second kappa shape index (κ2) is 5.86. The van der Waals surface area contributed by atoms with Crippen LogP contribution in [-0.2, 0) is 0 Å². The van der Waals surface area contributed by atoms with Gasteiger partial charge in [0.05, 0.1) is 0 Å². The van der Waals surface area contributed by atoms with Crippen molar-refractivity contribution in [3.05, 3.63) is 0 Å². The minimum Gasteiger partial charge on any atom is -0.329 e. The second-order valence-corrected chi connectivity index (χ2v) is 6.01. The van der Waals surface area contributed by atoms with E-state index in [-0.39, 0.29) is 0 Å². The highest BCUT2D eigenvalue weighted by atomic mass is 14.9. The lowest BCUT2D eigenvalue weighted by molar-refractivity contribution is 0.213. The predicted molar refractivity (Wildman–Crippen MR) is 66.9 cm³/mol. The molecule has 0 aliphatic heterocycles. The van der Waals surface area contributed by atoms with Crippen molar-refractivity contribution in [3.63, 3.8) is 0 Å². The zero-order valence-corrected chi connectivity index (χ0v) is 10.7. The largest absolute Gasteiger partial charge is 0.329 e. The van der Waals surface area contributed by atoms with E-state index in [1.54, 1.807) is 0 Å². The molecule has 0 radical (unpaired) electrons. The van der Waals surface area contributed by atoms with Crippen molar-refractivity contribution < 1.29 is 0 Å². The van der Waals surface area contributed by atoms with E-state index in [1.165, 1.54) is 32.1 Å². The van der Waals surface area contributed by atoms with Crippen LogP contribution in [0.1, 0.15) is 52.9 Å². The molecule has 0 aromatic rings. The number of nitrogens with two attached hydrogens (primary N) is 1. The molecule has 0 aromatic carbocycles. The monoisotopic (exact) mass is 212 g/mol. The third-order valence-electron chi connectivity index (χ3n) is 3.77. The molecule has 15 heavy (non-hydrogen) atoms. The Morgan fingerprint density at radius 3 is 2.47 bits per heavy atom. The van der Waals surface area contributed by atoms with Crippen molar-refractivity contribution in [1.82, 2.24) is 5.32 Å². The highest BCUT2D eigenvalue weighted by molar-refractivity contribution is 4.81. The van der Waals surface area contributed by atoms with Gasteiger partial charge in [0, 0.05) is 19.1 Å². The summed E-state index contributed by atoms with van der Waals surface area (Å²) in [4.78, 5) is 0. The van der Waals surface area contributed by atoms with E-state index >= 15 is 0 Å². The summed E-state index contributed by atoms with van der Waals surface area (Å²) in [5.41, 5.74) is 6.01. The molecule has 0 bridgehead atoms. The molecule has 0 saturated heterocycles. The predicted octanol–water partition coefficient (Wildman–Crippen LogP) is 2.53. The van der Waals surface area contributed by atoms with E-state index < -0.39 is 0 Å². The van der Waals surface area contributed by atoms with Crippen LogP contribution in [0.15, 0.2) is 0 Å². The summed E-state index contributed by atoms with van der Waals surface area (Å²) < 4.78 is 0. The van der Waals surface area contributed by atoms with Crippen molar-refractivity contribution in [2.24, 2.45) is 17.1 Å². The highest BCUT2D eigenvalue weighted by Gasteiger charge is 2.27. The lowest BCUT2D eigenvalue weighted by Gasteiger charge is -2.29. The third kappa shape index (κ3) is 4.52. The van der Waals surface area contributed by atoms with Gasteiger partial charge in [0.1, 0.15) is 0 Å². The molecule has 2 nitrogen and oxygen atoms in total. The van der Waals surface area contributed by atoms with Crippen LogP contribution in [0.2, 0.25) is 0 Å². The number of nitrogens with one attached hydrogen (secondary N) is 1. The molecule has 1 aliphatic carbocycles. The molecule has 2 unspecified atom stereocenters. The molecule has 0 spiro atoms. The molecule has 0 heterocycles. The van der Waals surface area contributed by atoms with Crippen molar-refractivity contribution in [1.29, 1.82) is 0 Å². The quantitative estimate of drug-likeness (QED) is 0.706. The molecule has 1 saturated carbocycles. The van der Waals surface area contributed by atoms with Gasteiger partial charge in [0.2, 0.25) is 0 Å². The minimum absolute atomic E-state index is 0.489. The fourth-order valence-electron chi connectivity index (χ4n) is 2.66. The molecule has 90 valence electrons. The Kier molecular flexibility index (Phi) is 5.07. The Balaban J connectivity index is 2.35. The standard InChI is InChI=1S/C13H28N2/c1-13(2,3)11-5-4-6-12(8-7-11)15-10-9-14/h11-12,15H,4-10,14H2,1-3H3. The van der Waals surface area contributed by atoms with Crippen LogP contribution in [0.3, 0.4) is 0 Å². The molecule has 0 aromatic heterocycles. The highest BCUT2D eigenvalue weighted by Crippen LogP contribution is 2.36. The van der Waals surface area contributed by atoms with Crippen LogP contribution in [0.4, 0.5) is 0 Å². The van der Waals surface area contributed by atoms with Gasteiger partial charge in [-0.1, -0.05) is 27.2 Å². The summed E-state index contributed by atoms with van der Waals surface area (Å²) in [5, 5.41) is 3.56. The van der Waals surface area contributed by atoms with Gasteiger partial charge in [0.25, 0.3) is 0 Å². The van der Waals surface area contributed by atoms with E-state index in [4.69, 9.17) is 5.73 Å². The van der Waals surface area contributed by atoms with E-state index in [0.29, 0.717) is 5.41 Å². The van der Waals surface area contributed by atoms with E-state index in [9.17, 15) is 0 Å². The molecule has 2 heteroatoms. The lowest BCUT2D eigenvalue weighted by atomic mass is 9.76. The van der Waals surface area contributed by atoms with E-state index in [2.05, 4.69) is 26.1 Å². The van der Waals surface area contributed by atoms with E-state index in [0.717, 1.165) is 25.0 Å². The molecular formula is C13H28N2. The molecule has 1 fully saturated rings. The van der Waals surface area contributed by atoms with Gasteiger partial charge in [-0.05, 0) is 37.0 Å². The summed E-state index contributed by atoms with van der Waals surface area (Å²) in [6, 6.07) is 0.723. The number of hydrogen-bond donors (Lipinski definition) is 2. The molecular weight excluding hydrogens is 184 g/mol. The van der Waals surface area contributed by atoms with Gasteiger partial charge in [-0.3, -0.25) is 0 Å². The van der Waals surface area contributed by atoms with Gasteiger partial charge in [-0.2, -0.15) is 0 Å². The Bertz CT molecular complexity index is 172. The normalized spacial score (nSPS) is 28.8. The van der Waals surface area contributed by atoms with E-state index in [1.807, 2.05) is 0 Å². The average Bonchev–Trinajstić information content (AvgIpc) is 2.38. The smallest absolute Gasteiger partial charge is 0.00770 e. The van der Waals surface area contributed by atoms with Gasteiger partial charge in [0.15, 0.2) is 0 Å². The third-order valence-corrected chi connectivity index (χ3v) is 3.77. The van der Waals surface area contributed by atoms with Crippen LogP contribution in [0.5, 0.6) is 0 Å². The summed E-state index contributed by atoms with van der Waals surface area (Å²) in [5.74, 6) is 0.905. The summed E-state index contributed by atoms with van der Waals surface area (Å²) in [7, 11) is 0. The lowest BCUT2D eigenvalue weighted by Crippen LogP contribution is -2.33. The van der Waals surface area contributed by atoms with Crippen LogP contribution in [0.25, 0.3) is 0 Å². The Hall–Kier alpha value is -0.0800. The summed E-state index contributed by atoms with van der Waals surface area (Å²) in [6.45, 7) is 8.88. The Morgan fingerprint density at radius 2 is 1.87 bits per heavy atom. The summed E-state index contributed by atoms with van der Waals surface area (Å²) in [6.07, 6.45) is 6.84. The van der Waals surface area contributed by atoms with Crippen LogP contribution in [-0.4, -0.2) is 19.1 Å². The second-order valence-electron chi connectivity index (χ2n) is 6.01. The fraction of sp³-hybridized carbons (Fsp3) is 1.00. The average molecular weight is 212 g/mol. The molecule has 2 atom stereocenters. The number of rotatable bonds is 3. The van der Waals surface area contributed by atoms with Crippen molar-refractivity contribution >= 4 is 0 Å². The first-order valence-corrected chi connectivity index (χ1v) is 6.47. The first kappa shape index (κ1) is 13.0. The number of hydrogen-bond acceptors (Lipinski definition) is 2. The van der Waals surface area contributed by atoms with Gasteiger partial charge in [-0.25, -0.2) is 0 Å². The molecule has 1 rings (SSSR count). The van der Waals surface area contributed by atoms with Gasteiger partial charge >= 0.3 is 0 Å². The SMILES string of the molecule is CC(C)(C)C1CCCC(NCCN)CC1. The van der Waals surface area contributed by atoms with Crippen molar-refractivity contribution in [3.8, 4) is 0 Å². The maximum atomic E-state index is 5.52. The molecule has 3 N–H and O–H groups in total. The maximum Gasteiger partial charge on any atom is 0.00770 e. The zero-order chi connectivity index (χ0) is 11.3. The Labute approximate surface area is 95.0 Å². The summed E-state index contributed by atoms with van der Waals surface area (Å²) >= 11 is 0. The van der Waals surface area contributed by atoms with Crippen LogP contribution >= 0.6 is 0 Å². The van der Waals surface area contributed by atoms with Gasteiger partial charge < -0.3 is 11.1 Å². The molecule has 1 aliphatic rings. The first-order chi connectivity index (χ1) is 7.04. The Morgan fingerprint density at radius 1 is 1.13 bits per heavy atom. The van der Waals surface area contributed by atoms with Crippen molar-refractivity contribution in [2.45, 2.75) is 58.9 Å². The molecule has 0 amide bonds. The minimum atomic E-state index is 0.489. The van der Waals surface area contributed by atoms with Crippen LogP contribution < -0.4 is 11.1 Å². The van der Waals surface area contributed by atoms with Crippen molar-refractivity contribution in [2.75, 3.05) is 13.1 Å². The first-order valence-electron chi connectivity index (χ1n) is 6.47. The van der Waals surface area contributed by atoms with Crippen LogP contribution in [0, 0.1) is 11.3 Å².